The van der Waals surface area contributed by atoms with E-state index in [0.29, 0.717) is 0 Å². The third-order valence-corrected chi connectivity index (χ3v) is 3.25. The Bertz CT molecular complexity index is 693. The number of carboxylic acids is 1. The van der Waals surface area contributed by atoms with Crippen LogP contribution in [0.1, 0.15) is 17.2 Å². The molecule has 0 spiro atoms. The molecule has 0 bridgehead atoms. The van der Waals surface area contributed by atoms with Gasteiger partial charge < -0.3 is 15.2 Å². The fraction of sp³-hybridized carbons (Fsp3) is 0.111. The minimum absolute atomic E-state index is 0.381. The van der Waals surface area contributed by atoms with Gasteiger partial charge in [0.1, 0.15) is 5.75 Å². The van der Waals surface area contributed by atoms with E-state index in [9.17, 15) is 9.59 Å². The van der Waals surface area contributed by atoms with Crippen molar-refractivity contribution in [3.8, 4) is 5.75 Å². The highest BCUT2D eigenvalue weighted by atomic mass is 16.5. The summed E-state index contributed by atoms with van der Waals surface area (Å²) < 4.78 is 5.14. The average molecular weight is 311 g/mol. The monoisotopic (exact) mass is 311 g/mol. The van der Waals surface area contributed by atoms with Crippen LogP contribution in [-0.4, -0.2) is 24.1 Å². The summed E-state index contributed by atoms with van der Waals surface area (Å²) in [6, 6.07) is 16.4. The van der Waals surface area contributed by atoms with E-state index in [0.717, 1.165) is 29.0 Å². The van der Waals surface area contributed by atoms with Gasteiger partial charge in [0.25, 0.3) is 0 Å². The van der Waals surface area contributed by atoms with Crippen LogP contribution >= 0.6 is 0 Å². The van der Waals surface area contributed by atoms with Gasteiger partial charge in [0, 0.05) is 12.2 Å². The minimum Gasteiger partial charge on any atom is -0.497 e. The predicted octanol–water partition coefficient (Wildman–Crippen LogP) is 2.54. The number of hydrogen-bond acceptors (Lipinski definition) is 3. The third-order valence-electron chi connectivity index (χ3n) is 3.25. The third kappa shape index (κ3) is 4.71. The Balaban J connectivity index is 2.28. The Morgan fingerprint density at radius 1 is 1.00 bits per heavy atom. The number of rotatable bonds is 6. The molecule has 0 radical (unpaired) electrons. The van der Waals surface area contributed by atoms with Gasteiger partial charge in [-0.05, 0) is 23.3 Å². The van der Waals surface area contributed by atoms with Crippen LogP contribution < -0.4 is 10.1 Å². The second-order valence-corrected chi connectivity index (χ2v) is 4.80. The number of carboxylic acid groups (broad SMARTS) is 1. The van der Waals surface area contributed by atoms with Gasteiger partial charge in [0.15, 0.2) is 0 Å². The highest BCUT2D eigenvalue weighted by molar-refractivity contribution is 5.94. The van der Waals surface area contributed by atoms with E-state index in [1.807, 2.05) is 54.6 Å². The quantitative estimate of drug-likeness (QED) is 0.804. The maximum absolute atomic E-state index is 11.9. The molecule has 2 aromatic rings. The van der Waals surface area contributed by atoms with Crippen LogP contribution in [0.25, 0.3) is 0 Å². The topological polar surface area (TPSA) is 75.6 Å². The molecule has 2 rings (SSSR count). The maximum atomic E-state index is 11.9. The highest BCUT2D eigenvalue weighted by Gasteiger charge is 2.15. The molecule has 0 saturated heterocycles. The van der Waals surface area contributed by atoms with Crippen molar-refractivity contribution in [2.45, 2.75) is 6.04 Å². The SMILES string of the molecule is COc1ccc(C(NC(=O)C=CC(=O)O)c2ccccc2)cc1. The zero-order chi connectivity index (χ0) is 16.7. The smallest absolute Gasteiger partial charge is 0.328 e. The van der Waals surface area contributed by atoms with Gasteiger partial charge >= 0.3 is 5.97 Å². The zero-order valence-electron chi connectivity index (χ0n) is 12.6. The van der Waals surface area contributed by atoms with Crippen molar-refractivity contribution in [1.82, 2.24) is 5.32 Å². The van der Waals surface area contributed by atoms with E-state index in [1.165, 1.54) is 0 Å². The number of methoxy groups -OCH3 is 1. The summed E-state index contributed by atoms with van der Waals surface area (Å²) in [4.78, 5) is 22.5. The molecular formula is C18H17NO4. The van der Waals surface area contributed by atoms with Gasteiger partial charge in [-0.3, -0.25) is 4.79 Å². The molecule has 2 N–H and O–H groups in total. The van der Waals surface area contributed by atoms with Gasteiger partial charge in [0.05, 0.1) is 13.2 Å². The highest BCUT2D eigenvalue weighted by Crippen LogP contribution is 2.24. The molecule has 118 valence electrons. The normalized spacial score (nSPS) is 11.9. The van der Waals surface area contributed by atoms with E-state index < -0.39 is 11.9 Å². The van der Waals surface area contributed by atoms with Crippen molar-refractivity contribution in [3.05, 3.63) is 77.9 Å². The maximum Gasteiger partial charge on any atom is 0.328 e. The fourth-order valence-corrected chi connectivity index (χ4v) is 2.14. The summed E-state index contributed by atoms with van der Waals surface area (Å²) in [5.41, 5.74) is 1.77. The van der Waals surface area contributed by atoms with Crippen molar-refractivity contribution >= 4 is 11.9 Å². The van der Waals surface area contributed by atoms with E-state index in [4.69, 9.17) is 9.84 Å². The molecule has 0 aliphatic carbocycles. The number of benzene rings is 2. The second-order valence-electron chi connectivity index (χ2n) is 4.80. The molecule has 0 aliphatic rings. The summed E-state index contributed by atoms with van der Waals surface area (Å²) in [5, 5.41) is 11.4. The number of aliphatic carboxylic acids is 1. The standard InChI is InChI=1S/C18H17NO4/c1-23-15-9-7-14(8-10-15)18(13-5-3-2-4-6-13)19-16(20)11-12-17(21)22/h2-12,18H,1H3,(H,19,20)(H,21,22). The van der Waals surface area contributed by atoms with Gasteiger partial charge in [0.2, 0.25) is 5.91 Å². The van der Waals surface area contributed by atoms with Crippen LogP contribution in [0, 0.1) is 0 Å². The molecule has 1 unspecified atom stereocenters. The van der Waals surface area contributed by atoms with E-state index in [2.05, 4.69) is 5.32 Å². The number of hydrogen-bond donors (Lipinski definition) is 2. The molecule has 0 fully saturated rings. The number of amides is 1. The first-order valence-corrected chi connectivity index (χ1v) is 7.00. The Labute approximate surface area is 134 Å². The second kappa shape index (κ2) is 7.79. The number of ether oxygens (including phenoxy) is 1. The van der Waals surface area contributed by atoms with Gasteiger partial charge in [-0.25, -0.2) is 4.79 Å². The van der Waals surface area contributed by atoms with Crippen LogP contribution in [0.4, 0.5) is 0 Å². The summed E-state index contributed by atoms with van der Waals surface area (Å²) in [6.45, 7) is 0. The van der Waals surface area contributed by atoms with Crippen molar-refractivity contribution in [2.24, 2.45) is 0 Å². The Kier molecular flexibility index (Phi) is 5.52. The van der Waals surface area contributed by atoms with Crippen molar-refractivity contribution in [2.75, 3.05) is 7.11 Å². The lowest BCUT2D eigenvalue weighted by molar-refractivity contribution is -0.131. The van der Waals surface area contributed by atoms with E-state index in [-0.39, 0.29) is 6.04 Å². The molecule has 23 heavy (non-hydrogen) atoms. The first-order chi connectivity index (χ1) is 11.1. The van der Waals surface area contributed by atoms with Crippen LogP contribution in [0.3, 0.4) is 0 Å². The van der Waals surface area contributed by atoms with Crippen LogP contribution in [0.5, 0.6) is 5.75 Å². The number of carbonyl (C=O) groups is 2. The molecule has 0 heterocycles. The van der Waals surface area contributed by atoms with Gasteiger partial charge in [-0.1, -0.05) is 42.5 Å². The molecule has 0 aliphatic heterocycles. The zero-order valence-corrected chi connectivity index (χ0v) is 12.6. The molecule has 0 aromatic heterocycles. The molecule has 2 aromatic carbocycles. The molecule has 5 nitrogen and oxygen atoms in total. The molecule has 5 heteroatoms. The van der Waals surface area contributed by atoms with E-state index in [1.54, 1.807) is 7.11 Å². The van der Waals surface area contributed by atoms with Gasteiger partial charge in [-0.2, -0.15) is 0 Å². The minimum atomic E-state index is -1.17. The van der Waals surface area contributed by atoms with Crippen LogP contribution in [0.2, 0.25) is 0 Å². The first-order valence-electron chi connectivity index (χ1n) is 7.00. The lowest BCUT2D eigenvalue weighted by Gasteiger charge is -2.19. The molecule has 1 amide bonds. The molecular weight excluding hydrogens is 294 g/mol. The summed E-state index contributed by atoms with van der Waals surface area (Å²) in [6.07, 6.45) is 1.81. The summed E-state index contributed by atoms with van der Waals surface area (Å²) in [5.74, 6) is -0.921. The average Bonchev–Trinajstić information content (AvgIpc) is 2.59. The van der Waals surface area contributed by atoms with Crippen molar-refractivity contribution in [3.63, 3.8) is 0 Å². The largest absolute Gasteiger partial charge is 0.497 e. The van der Waals surface area contributed by atoms with Crippen molar-refractivity contribution in [1.29, 1.82) is 0 Å². The lowest BCUT2D eigenvalue weighted by atomic mass is 9.98. The van der Waals surface area contributed by atoms with Crippen LogP contribution in [-0.2, 0) is 9.59 Å². The van der Waals surface area contributed by atoms with Gasteiger partial charge in [-0.15, -0.1) is 0 Å². The Morgan fingerprint density at radius 3 is 2.17 bits per heavy atom. The number of nitrogens with one attached hydrogen (secondary N) is 1. The fourth-order valence-electron chi connectivity index (χ4n) is 2.14. The summed E-state index contributed by atoms with van der Waals surface area (Å²) >= 11 is 0. The predicted molar refractivity (Wildman–Crippen MR) is 86.2 cm³/mol. The first kappa shape index (κ1) is 16.3. The molecule has 1 atom stereocenters. The Morgan fingerprint density at radius 2 is 1.61 bits per heavy atom. The molecule has 0 saturated carbocycles. The summed E-state index contributed by atoms with van der Waals surface area (Å²) in [7, 11) is 1.59. The number of carbonyl (C=O) groups excluding carboxylic acids is 1. The Hall–Kier alpha value is -3.08. The van der Waals surface area contributed by atoms with Crippen molar-refractivity contribution < 1.29 is 19.4 Å². The van der Waals surface area contributed by atoms with E-state index >= 15 is 0 Å². The van der Waals surface area contributed by atoms with Crippen LogP contribution in [0.15, 0.2) is 66.7 Å². The lowest BCUT2D eigenvalue weighted by Crippen LogP contribution is -2.27.